The Labute approximate surface area is 185 Å². The maximum absolute atomic E-state index is 13.3. The van der Waals surface area contributed by atoms with E-state index in [1.807, 2.05) is 42.5 Å². The van der Waals surface area contributed by atoms with Gasteiger partial charge in [-0.3, -0.25) is 19.3 Å². The van der Waals surface area contributed by atoms with Crippen LogP contribution in [-0.2, 0) is 25.5 Å². The molecule has 32 heavy (non-hydrogen) atoms. The number of ketones is 1. The van der Waals surface area contributed by atoms with E-state index in [4.69, 9.17) is 4.74 Å². The number of ether oxygens (including phenoxy) is 1. The SMILES string of the molecule is O=C(COC(=O)[C@@H](Cc1ccccc1)N1C(=O)[C@@H]2[C@H](C1=O)[C@@H]1C=C[C@H]2C1)c1ccccc1. The lowest BCUT2D eigenvalue weighted by atomic mass is 9.85. The second kappa shape index (κ2) is 8.19. The number of carbonyl (C=O) groups is 4. The number of Topliss-reactive ketones (excluding diaryl/α,β-unsaturated/α-hetero) is 1. The van der Waals surface area contributed by atoms with Crippen LogP contribution in [0.3, 0.4) is 0 Å². The average molecular weight is 429 g/mol. The fourth-order valence-electron chi connectivity index (χ4n) is 5.29. The van der Waals surface area contributed by atoms with Crippen molar-refractivity contribution < 1.29 is 23.9 Å². The summed E-state index contributed by atoms with van der Waals surface area (Å²) >= 11 is 0. The van der Waals surface area contributed by atoms with E-state index in [1.165, 1.54) is 0 Å². The number of imide groups is 1. The molecule has 2 fully saturated rings. The zero-order valence-electron chi connectivity index (χ0n) is 17.4. The van der Waals surface area contributed by atoms with Gasteiger partial charge in [-0.05, 0) is 23.8 Å². The number of hydrogen-bond donors (Lipinski definition) is 0. The summed E-state index contributed by atoms with van der Waals surface area (Å²) in [6.45, 7) is -0.440. The van der Waals surface area contributed by atoms with Crippen LogP contribution in [0.15, 0.2) is 72.8 Å². The number of benzene rings is 2. The number of nitrogens with zero attached hydrogens (tertiary/aromatic N) is 1. The Hall–Kier alpha value is -3.54. The molecule has 6 heteroatoms. The van der Waals surface area contributed by atoms with E-state index in [-0.39, 0.29) is 35.9 Å². The molecular formula is C26H23NO5. The van der Waals surface area contributed by atoms with Gasteiger partial charge in [0.25, 0.3) is 0 Å². The van der Waals surface area contributed by atoms with Crippen LogP contribution >= 0.6 is 0 Å². The van der Waals surface area contributed by atoms with Crippen LogP contribution in [-0.4, -0.2) is 41.1 Å². The van der Waals surface area contributed by atoms with E-state index in [0.29, 0.717) is 5.56 Å². The summed E-state index contributed by atoms with van der Waals surface area (Å²) in [7, 11) is 0. The van der Waals surface area contributed by atoms with Gasteiger partial charge in [0.15, 0.2) is 12.4 Å². The number of carbonyl (C=O) groups excluding carboxylic acids is 4. The minimum Gasteiger partial charge on any atom is -0.456 e. The third-order valence-electron chi connectivity index (χ3n) is 6.80. The van der Waals surface area contributed by atoms with Crippen LogP contribution in [0, 0.1) is 23.7 Å². The lowest BCUT2D eigenvalue weighted by molar-refractivity contribution is -0.158. The van der Waals surface area contributed by atoms with Gasteiger partial charge in [0.05, 0.1) is 11.8 Å². The van der Waals surface area contributed by atoms with E-state index in [0.717, 1.165) is 16.9 Å². The van der Waals surface area contributed by atoms with Crippen LogP contribution in [0.2, 0.25) is 0 Å². The van der Waals surface area contributed by atoms with Crippen molar-refractivity contribution in [3.05, 3.63) is 83.9 Å². The summed E-state index contributed by atoms with van der Waals surface area (Å²) in [5.41, 5.74) is 1.24. The summed E-state index contributed by atoms with van der Waals surface area (Å²) in [5, 5.41) is 0. The molecule has 162 valence electrons. The van der Waals surface area contributed by atoms with Crippen molar-refractivity contribution in [1.82, 2.24) is 4.90 Å². The second-order valence-corrected chi connectivity index (χ2v) is 8.65. The molecule has 0 N–H and O–H groups in total. The van der Waals surface area contributed by atoms with Crippen LogP contribution < -0.4 is 0 Å². The quantitative estimate of drug-likeness (QED) is 0.293. The Bertz CT molecular complexity index is 1060. The summed E-state index contributed by atoms with van der Waals surface area (Å²) in [4.78, 5) is 53.2. The molecule has 1 saturated carbocycles. The molecule has 1 heterocycles. The maximum Gasteiger partial charge on any atom is 0.330 e. The van der Waals surface area contributed by atoms with Gasteiger partial charge in [0, 0.05) is 12.0 Å². The zero-order chi connectivity index (χ0) is 22.2. The van der Waals surface area contributed by atoms with Crippen molar-refractivity contribution in [2.75, 3.05) is 6.61 Å². The fraction of sp³-hybridized carbons (Fsp3) is 0.308. The Morgan fingerprint density at radius 2 is 1.44 bits per heavy atom. The van der Waals surface area contributed by atoms with Crippen LogP contribution in [0.25, 0.3) is 0 Å². The van der Waals surface area contributed by atoms with Crippen molar-refractivity contribution in [3.8, 4) is 0 Å². The molecule has 0 aromatic heterocycles. The highest BCUT2D eigenvalue weighted by molar-refractivity contribution is 6.09. The van der Waals surface area contributed by atoms with Crippen molar-refractivity contribution >= 4 is 23.6 Å². The Kier molecular flexibility index (Phi) is 5.21. The van der Waals surface area contributed by atoms with Gasteiger partial charge >= 0.3 is 5.97 Å². The summed E-state index contributed by atoms with van der Waals surface area (Å²) in [6, 6.07) is 16.7. The first kappa shape index (κ1) is 20.4. The Morgan fingerprint density at radius 1 is 0.875 bits per heavy atom. The van der Waals surface area contributed by atoms with Gasteiger partial charge in [-0.1, -0.05) is 72.8 Å². The molecule has 2 aromatic carbocycles. The predicted octanol–water partition coefficient (Wildman–Crippen LogP) is 2.83. The predicted molar refractivity (Wildman–Crippen MR) is 115 cm³/mol. The highest BCUT2D eigenvalue weighted by atomic mass is 16.5. The molecule has 2 aromatic rings. The van der Waals surface area contributed by atoms with Gasteiger partial charge in [-0.2, -0.15) is 0 Å². The lowest BCUT2D eigenvalue weighted by Gasteiger charge is -2.26. The second-order valence-electron chi connectivity index (χ2n) is 8.65. The molecule has 3 aliphatic rings. The normalized spacial score (nSPS) is 26.3. The number of rotatable bonds is 7. The molecule has 0 unspecified atom stereocenters. The van der Waals surface area contributed by atoms with Gasteiger partial charge in [-0.25, -0.2) is 4.79 Å². The van der Waals surface area contributed by atoms with Crippen molar-refractivity contribution in [2.45, 2.75) is 18.9 Å². The maximum atomic E-state index is 13.3. The van der Waals surface area contributed by atoms with Crippen molar-refractivity contribution in [1.29, 1.82) is 0 Å². The van der Waals surface area contributed by atoms with E-state index < -0.39 is 30.5 Å². The average Bonchev–Trinajstić information content (AvgIpc) is 3.51. The van der Waals surface area contributed by atoms with E-state index in [2.05, 4.69) is 0 Å². The molecule has 2 bridgehead atoms. The molecule has 6 nitrogen and oxygen atoms in total. The van der Waals surface area contributed by atoms with E-state index in [9.17, 15) is 19.2 Å². The summed E-state index contributed by atoms with van der Waals surface area (Å²) in [5.74, 6) is -2.35. The Morgan fingerprint density at radius 3 is 2.03 bits per heavy atom. The molecule has 0 radical (unpaired) electrons. The van der Waals surface area contributed by atoms with E-state index >= 15 is 0 Å². The topological polar surface area (TPSA) is 80.8 Å². The molecular weight excluding hydrogens is 406 g/mol. The molecule has 2 amide bonds. The lowest BCUT2D eigenvalue weighted by Crippen LogP contribution is -2.48. The molecule has 1 saturated heterocycles. The molecule has 2 aliphatic carbocycles. The largest absolute Gasteiger partial charge is 0.456 e. The number of allylic oxidation sites excluding steroid dienone is 2. The third-order valence-corrected chi connectivity index (χ3v) is 6.80. The van der Waals surface area contributed by atoms with E-state index in [1.54, 1.807) is 30.3 Å². The minimum absolute atomic E-state index is 0.0551. The number of likely N-dealkylation sites (tertiary alicyclic amines) is 1. The standard InChI is InChI=1S/C26H23NO5/c28-21(17-9-5-2-6-10-17)15-32-26(31)20(13-16-7-3-1-4-8-16)27-24(29)22-18-11-12-19(14-18)23(22)25(27)30/h1-12,18-20,22-23H,13-15H2/t18-,19+,20-,22-,23+/m1/s1. The molecule has 5 rings (SSSR count). The highest BCUT2D eigenvalue weighted by Gasteiger charge is 2.61. The number of fused-ring (bicyclic) bond motifs is 5. The highest BCUT2D eigenvalue weighted by Crippen LogP contribution is 2.53. The van der Waals surface area contributed by atoms with Gasteiger partial charge in [0.1, 0.15) is 6.04 Å². The fourth-order valence-corrected chi connectivity index (χ4v) is 5.29. The first-order valence-electron chi connectivity index (χ1n) is 10.9. The number of amides is 2. The monoisotopic (exact) mass is 429 g/mol. The molecule has 1 aliphatic heterocycles. The molecule has 5 atom stereocenters. The Balaban J connectivity index is 1.37. The number of esters is 1. The minimum atomic E-state index is -1.09. The number of hydrogen-bond acceptors (Lipinski definition) is 5. The smallest absolute Gasteiger partial charge is 0.330 e. The van der Waals surface area contributed by atoms with Gasteiger partial charge in [-0.15, -0.1) is 0 Å². The first-order valence-corrected chi connectivity index (χ1v) is 10.9. The summed E-state index contributed by atoms with van der Waals surface area (Å²) in [6.07, 6.45) is 5.01. The zero-order valence-corrected chi connectivity index (χ0v) is 17.4. The third kappa shape index (κ3) is 3.45. The summed E-state index contributed by atoms with van der Waals surface area (Å²) < 4.78 is 5.34. The molecule has 0 spiro atoms. The van der Waals surface area contributed by atoms with Crippen LogP contribution in [0.1, 0.15) is 22.3 Å². The van der Waals surface area contributed by atoms with Crippen molar-refractivity contribution in [2.24, 2.45) is 23.7 Å². The van der Waals surface area contributed by atoms with Crippen LogP contribution in [0.4, 0.5) is 0 Å². The van der Waals surface area contributed by atoms with Gasteiger partial charge in [0.2, 0.25) is 11.8 Å². The van der Waals surface area contributed by atoms with Crippen LogP contribution in [0.5, 0.6) is 0 Å². The van der Waals surface area contributed by atoms with Gasteiger partial charge < -0.3 is 4.74 Å². The van der Waals surface area contributed by atoms with Crippen molar-refractivity contribution in [3.63, 3.8) is 0 Å². The first-order chi connectivity index (χ1) is 15.5.